The molecule has 0 bridgehead atoms. The fraction of sp³-hybridized carbons (Fsp3) is 0.867. The van der Waals surface area contributed by atoms with Crippen LogP contribution in [0.3, 0.4) is 0 Å². The van der Waals surface area contributed by atoms with Gasteiger partial charge in [0.1, 0.15) is 5.78 Å². The van der Waals surface area contributed by atoms with Crippen LogP contribution in [0.1, 0.15) is 55.4 Å². The predicted molar refractivity (Wildman–Crippen MR) is 77.4 cm³/mol. The van der Waals surface area contributed by atoms with E-state index in [1.54, 1.807) is 19.0 Å². The molecule has 0 aliphatic heterocycles. The molecule has 108 valence electrons. The molecule has 0 N–H and O–H groups in total. The standard InChI is InChI=1S/C13H25NO2.C2H6/c1-9(2)10(15)12(3,4)13(5,6)11(16)14(7)8;1-2/h9H,1-8H3;1-2H3. The Morgan fingerprint density at radius 2 is 1.22 bits per heavy atom. The average molecular weight is 257 g/mol. The maximum Gasteiger partial charge on any atom is 0.228 e. The van der Waals surface area contributed by atoms with Crippen molar-refractivity contribution in [1.82, 2.24) is 4.90 Å². The molecule has 0 spiro atoms. The average Bonchev–Trinajstić information content (AvgIpc) is 2.28. The van der Waals surface area contributed by atoms with E-state index in [0.717, 1.165) is 0 Å². The number of hydrogen-bond acceptors (Lipinski definition) is 2. The van der Waals surface area contributed by atoms with Crippen LogP contribution in [0.15, 0.2) is 0 Å². The van der Waals surface area contributed by atoms with Crippen molar-refractivity contribution in [3.05, 3.63) is 0 Å². The predicted octanol–water partition coefficient (Wildman–Crippen LogP) is 3.38. The molecule has 0 aromatic carbocycles. The third-order valence-electron chi connectivity index (χ3n) is 3.64. The summed E-state index contributed by atoms with van der Waals surface area (Å²) in [5.41, 5.74) is -1.33. The van der Waals surface area contributed by atoms with Gasteiger partial charge in [-0.1, -0.05) is 55.4 Å². The molecule has 0 unspecified atom stereocenters. The fourth-order valence-corrected chi connectivity index (χ4v) is 1.86. The van der Waals surface area contributed by atoms with Crippen molar-refractivity contribution in [2.24, 2.45) is 16.7 Å². The number of nitrogens with zero attached hydrogens (tertiary/aromatic N) is 1. The van der Waals surface area contributed by atoms with Crippen molar-refractivity contribution < 1.29 is 9.59 Å². The van der Waals surface area contributed by atoms with Crippen LogP contribution in [0, 0.1) is 16.7 Å². The van der Waals surface area contributed by atoms with Gasteiger partial charge in [0.15, 0.2) is 0 Å². The molecule has 0 saturated heterocycles. The van der Waals surface area contributed by atoms with Gasteiger partial charge < -0.3 is 4.90 Å². The number of amides is 1. The van der Waals surface area contributed by atoms with Crippen LogP contribution < -0.4 is 0 Å². The van der Waals surface area contributed by atoms with E-state index >= 15 is 0 Å². The Hall–Kier alpha value is -0.860. The van der Waals surface area contributed by atoms with Gasteiger partial charge in [0.2, 0.25) is 5.91 Å². The zero-order valence-corrected chi connectivity index (χ0v) is 13.8. The summed E-state index contributed by atoms with van der Waals surface area (Å²) in [5.74, 6) is 0.0726. The first-order valence-corrected chi connectivity index (χ1v) is 6.72. The molecule has 0 aliphatic rings. The Balaban J connectivity index is 0. The molecule has 0 fully saturated rings. The highest BCUT2D eigenvalue weighted by atomic mass is 16.2. The molecule has 18 heavy (non-hydrogen) atoms. The summed E-state index contributed by atoms with van der Waals surface area (Å²) in [6.07, 6.45) is 0. The number of ketones is 1. The second kappa shape index (κ2) is 6.91. The summed E-state index contributed by atoms with van der Waals surface area (Å²) in [4.78, 5) is 25.8. The van der Waals surface area contributed by atoms with Crippen molar-refractivity contribution in [3.63, 3.8) is 0 Å². The van der Waals surface area contributed by atoms with Gasteiger partial charge in [-0.05, 0) is 0 Å². The van der Waals surface area contributed by atoms with E-state index in [1.807, 2.05) is 55.4 Å². The largest absolute Gasteiger partial charge is 0.348 e. The highest BCUT2D eigenvalue weighted by Crippen LogP contribution is 2.42. The van der Waals surface area contributed by atoms with E-state index in [9.17, 15) is 9.59 Å². The molecule has 0 rings (SSSR count). The highest BCUT2D eigenvalue weighted by Gasteiger charge is 2.48. The van der Waals surface area contributed by atoms with Crippen LogP contribution in [0.4, 0.5) is 0 Å². The normalized spacial score (nSPS) is 11.7. The van der Waals surface area contributed by atoms with Gasteiger partial charge in [-0.15, -0.1) is 0 Å². The minimum absolute atomic E-state index is 0.00787. The fourth-order valence-electron chi connectivity index (χ4n) is 1.86. The van der Waals surface area contributed by atoms with Gasteiger partial charge in [-0.25, -0.2) is 0 Å². The zero-order valence-electron chi connectivity index (χ0n) is 13.8. The van der Waals surface area contributed by atoms with Crippen LogP contribution in [-0.2, 0) is 9.59 Å². The van der Waals surface area contributed by atoms with Crippen molar-refractivity contribution in [2.45, 2.75) is 55.4 Å². The van der Waals surface area contributed by atoms with Crippen LogP contribution >= 0.6 is 0 Å². The summed E-state index contributed by atoms with van der Waals surface area (Å²) < 4.78 is 0. The lowest BCUT2D eigenvalue weighted by Gasteiger charge is -2.41. The van der Waals surface area contributed by atoms with E-state index in [1.165, 1.54) is 0 Å². The van der Waals surface area contributed by atoms with Crippen LogP contribution in [0.2, 0.25) is 0 Å². The SMILES string of the molecule is CC.CC(C)C(=O)C(C)(C)C(C)(C)C(=O)N(C)C. The summed E-state index contributed by atoms with van der Waals surface area (Å²) in [7, 11) is 3.44. The Bertz CT molecular complexity index is 259. The molecule has 3 heteroatoms. The highest BCUT2D eigenvalue weighted by molar-refractivity contribution is 5.94. The van der Waals surface area contributed by atoms with Crippen molar-refractivity contribution in [2.75, 3.05) is 14.1 Å². The van der Waals surface area contributed by atoms with Gasteiger partial charge >= 0.3 is 0 Å². The van der Waals surface area contributed by atoms with E-state index in [-0.39, 0.29) is 17.6 Å². The molecule has 0 atom stereocenters. The quantitative estimate of drug-likeness (QED) is 0.774. The number of Topliss-reactive ketones (excluding diaryl/α,β-unsaturated/α-hetero) is 1. The van der Waals surface area contributed by atoms with Gasteiger partial charge in [-0.3, -0.25) is 9.59 Å². The molecular weight excluding hydrogens is 226 g/mol. The number of rotatable bonds is 4. The Morgan fingerprint density at radius 3 is 1.44 bits per heavy atom. The second-order valence-electron chi connectivity index (χ2n) is 5.97. The monoisotopic (exact) mass is 257 g/mol. The van der Waals surface area contributed by atoms with E-state index in [4.69, 9.17) is 0 Å². The molecule has 0 aromatic rings. The van der Waals surface area contributed by atoms with Gasteiger partial charge in [-0.2, -0.15) is 0 Å². The van der Waals surface area contributed by atoms with Crippen molar-refractivity contribution in [1.29, 1.82) is 0 Å². The van der Waals surface area contributed by atoms with Gasteiger partial charge in [0.25, 0.3) is 0 Å². The third kappa shape index (κ3) is 3.82. The van der Waals surface area contributed by atoms with Crippen LogP contribution in [-0.4, -0.2) is 30.7 Å². The first-order valence-electron chi connectivity index (χ1n) is 6.72. The first kappa shape index (κ1) is 19.5. The van der Waals surface area contributed by atoms with Crippen LogP contribution in [0.5, 0.6) is 0 Å². The Morgan fingerprint density at radius 1 is 0.889 bits per heavy atom. The van der Waals surface area contributed by atoms with E-state index in [0.29, 0.717) is 0 Å². The smallest absolute Gasteiger partial charge is 0.228 e. The first-order chi connectivity index (χ1) is 7.96. The molecule has 3 nitrogen and oxygen atoms in total. The molecular formula is C15H31NO2. The Labute approximate surface area is 113 Å². The molecule has 0 aromatic heterocycles. The lowest BCUT2D eigenvalue weighted by atomic mass is 9.63. The summed E-state index contributed by atoms with van der Waals surface area (Å²) in [5, 5.41) is 0. The van der Waals surface area contributed by atoms with Crippen molar-refractivity contribution in [3.8, 4) is 0 Å². The van der Waals surface area contributed by atoms with E-state index < -0.39 is 10.8 Å². The zero-order chi connectivity index (χ0) is 15.3. The van der Waals surface area contributed by atoms with Gasteiger partial charge in [0, 0.05) is 25.4 Å². The second-order valence-corrected chi connectivity index (χ2v) is 5.97. The maximum atomic E-state index is 12.2. The third-order valence-corrected chi connectivity index (χ3v) is 3.64. The summed E-state index contributed by atoms with van der Waals surface area (Å²) in [6.45, 7) is 15.2. The lowest BCUT2D eigenvalue weighted by Crippen LogP contribution is -2.50. The number of hydrogen-bond donors (Lipinski definition) is 0. The number of carbonyl (C=O) groups excluding carboxylic acids is 2. The maximum absolute atomic E-state index is 12.2. The Kier molecular flexibility index (Phi) is 7.48. The topological polar surface area (TPSA) is 37.4 Å². The lowest BCUT2D eigenvalue weighted by molar-refractivity contribution is -0.152. The minimum Gasteiger partial charge on any atom is -0.348 e. The van der Waals surface area contributed by atoms with E-state index in [2.05, 4.69) is 0 Å². The summed E-state index contributed by atoms with van der Waals surface area (Å²) in [6, 6.07) is 0. The van der Waals surface area contributed by atoms with Gasteiger partial charge in [0.05, 0.1) is 5.41 Å². The molecule has 0 radical (unpaired) electrons. The minimum atomic E-state index is -0.683. The molecule has 0 saturated carbocycles. The van der Waals surface area contributed by atoms with Crippen LogP contribution in [0.25, 0.3) is 0 Å². The van der Waals surface area contributed by atoms with Crippen molar-refractivity contribution >= 4 is 11.7 Å². The summed E-state index contributed by atoms with van der Waals surface area (Å²) >= 11 is 0. The molecule has 1 amide bonds. The molecule has 0 heterocycles. The molecule has 0 aliphatic carbocycles. The number of carbonyl (C=O) groups is 2.